The van der Waals surface area contributed by atoms with Gasteiger partial charge in [0.15, 0.2) is 0 Å². The molecular formula is C15H22O3. The molecule has 1 saturated carbocycles. The van der Waals surface area contributed by atoms with Crippen LogP contribution in [0.5, 0.6) is 0 Å². The number of hydrogen-bond donors (Lipinski definition) is 1. The summed E-state index contributed by atoms with van der Waals surface area (Å²) < 4.78 is 5.23. The molecule has 3 atom stereocenters. The van der Waals surface area contributed by atoms with Gasteiger partial charge in [0.1, 0.15) is 6.61 Å². The first-order valence-corrected chi connectivity index (χ1v) is 6.95. The number of aliphatic hydroxyl groups excluding tert-OH is 1. The fourth-order valence-electron chi connectivity index (χ4n) is 4.57. The molecule has 0 aromatic heterocycles. The van der Waals surface area contributed by atoms with E-state index in [1.807, 2.05) is 0 Å². The molecule has 3 heteroatoms. The smallest absolute Gasteiger partial charge is 0.334 e. The summed E-state index contributed by atoms with van der Waals surface area (Å²) in [5, 5.41) is 10.3. The first-order chi connectivity index (χ1) is 8.37. The van der Waals surface area contributed by atoms with Crippen molar-refractivity contribution in [1.82, 2.24) is 0 Å². The van der Waals surface area contributed by atoms with Crippen LogP contribution >= 0.6 is 0 Å². The second-order valence-corrected chi connectivity index (χ2v) is 6.92. The van der Waals surface area contributed by atoms with Crippen molar-refractivity contribution in [2.45, 2.75) is 52.6 Å². The Labute approximate surface area is 108 Å². The summed E-state index contributed by atoms with van der Waals surface area (Å²) in [5.74, 6) is 0.343. The zero-order valence-electron chi connectivity index (χ0n) is 11.5. The number of cyclic esters (lactones) is 1. The maximum absolute atomic E-state index is 11.7. The summed E-state index contributed by atoms with van der Waals surface area (Å²) in [6, 6.07) is 0. The summed E-state index contributed by atoms with van der Waals surface area (Å²) in [5.41, 5.74) is 2.13. The Hall–Kier alpha value is -0.830. The lowest BCUT2D eigenvalue weighted by Gasteiger charge is -2.55. The summed E-state index contributed by atoms with van der Waals surface area (Å²) in [4.78, 5) is 11.7. The van der Waals surface area contributed by atoms with Gasteiger partial charge in [-0.1, -0.05) is 20.8 Å². The van der Waals surface area contributed by atoms with Crippen molar-refractivity contribution in [3.63, 3.8) is 0 Å². The van der Waals surface area contributed by atoms with E-state index in [-0.39, 0.29) is 22.9 Å². The van der Waals surface area contributed by atoms with Gasteiger partial charge in [0.25, 0.3) is 0 Å². The Morgan fingerprint density at radius 3 is 2.72 bits per heavy atom. The predicted molar refractivity (Wildman–Crippen MR) is 67.8 cm³/mol. The molecule has 2 aliphatic carbocycles. The van der Waals surface area contributed by atoms with Crippen molar-refractivity contribution in [2.24, 2.45) is 16.7 Å². The normalized spacial score (nSPS) is 42.3. The molecule has 1 fully saturated rings. The molecule has 0 aromatic carbocycles. The minimum absolute atomic E-state index is 0.0441. The maximum atomic E-state index is 11.7. The first-order valence-electron chi connectivity index (χ1n) is 6.95. The van der Waals surface area contributed by atoms with Crippen LogP contribution in [0.3, 0.4) is 0 Å². The Morgan fingerprint density at radius 2 is 2.00 bits per heavy atom. The molecule has 0 bridgehead atoms. The lowest BCUT2D eigenvalue weighted by molar-refractivity contribution is -0.136. The Bertz CT molecular complexity index is 435. The summed E-state index contributed by atoms with van der Waals surface area (Å²) in [6.07, 6.45) is 3.39. The van der Waals surface area contributed by atoms with Gasteiger partial charge >= 0.3 is 5.97 Å². The second-order valence-electron chi connectivity index (χ2n) is 6.92. The third-order valence-corrected chi connectivity index (χ3v) is 5.79. The van der Waals surface area contributed by atoms with E-state index in [1.165, 1.54) is 5.57 Å². The average Bonchev–Trinajstić information content (AvgIpc) is 2.68. The third-order valence-electron chi connectivity index (χ3n) is 5.79. The summed E-state index contributed by atoms with van der Waals surface area (Å²) in [7, 11) is 0. The van der Waals surface area contributed by atoms with Crippen LogP contribution in [-0.4, -0.2) is 23.8 Å². The van der Waals surface area contributed by atoms with Gasteiger partial charge in [-0.15, -0.1) is 0 Å². The third kappa shape index (κ3) is 1.37. The highest BCUT2D eigenvalue weighted by molar-refractivity contribution is 5.92. The van der Waals surface area contributed by atoms with Crippen LogP contribution in [0.4, 0.5) is 0 Å². The van der Waals surface area contributed by atoms with Crippen LogP contribution in [0, 0.1) is 16.7 Å². The highest BCUT2D eigenvalue weighted by Crippen LogP contribution is 2.60. The van der Waals surface area contributed by atoms with Crippen molar-refractivity contribution in [2.75, 3.05) is 6.61 Å². The minimum atomic E-state index is -0.226. The van der Waals surface area contributed by atoms with Gasteiger partial charge in [-0.2, -0.15) is 0 Å². The number of esters is 1. The molecule has 1 heterocycles. The molecule has 0 spiro atoms. The molecule has 3 nitrogen and oxygen atoms in total. The Balaban J connectivity index is 2.06. The van der Waals surface area contributed by atoms with Gasteiger partial charge < -0.3 is 9.84 Å². The Morgan fingerprint density at radius 1 is 1.28 bits per heavy atom. The molecule has 18 heavy (non-hydrogen) atoms. The minimum Gasteiger partial charge on any atom is -0.458 e. The summed E-state index contributed by atoms with van der Waals surface area (Å²) >= 11 is 0. The topological polar surface area (TPSA) is 46.5 Å². The van der Waals surface area contributed by atoms with Gasteiger partial charge in [-0.05, 0) is 48.0 Å². The lowest BCUT2D eigenvalue weighted by atomic mass is 9.49. The SMILES string of the molecule is CC1(C)[C@H]2CCC3=C(COC3=O)[C@@]2(C)CC[C@@H]1O. The van der Waals surface area contributed by atoms with Gasteiger partial charge in [-0.3, -0.25) is 0 Å². The highest BCUT2D eigenvalue weighted by Gasteiger charge is 2.56. The van der Waals surface area contributed by atoms with E-state index in [0.717, 1.165) is 31.3 Å². The number of carbonyl (C=O) groups excluding carboxylic acids is 1. The number of hydrogen-bond acceptors (Lipinski definition) is 3. The molecule has 100 valence electrons. The van der Waals surface area contributed by atoms with Gasteiger partial charge in [-0.25, -0.2) is 4.79 Å². The molecule has 1 aliphatic heterocycles. The quantitative estimate of drug-likeness (QED) is 0.672. The molecule has 3 aliphatic rings. The van der Waals surface area contributed by atoms with E-state index in [9.17, 15) is 9.90 Å². The lowest BCUT2D eigenvalue weighted by Crippen LogP contribution is -2.52. The van der Waals surface area contributed by atoms with Gasteiger partial charge in [0.05, 0.1) is 6.10 Å². The van der Waals surface area contributed by atoms with Crippen molar-refractivity contribution < 1.29 is 14.6 Å². The van der Waals surface area contributed by atoms with Crippen LogP contribution < -0.4 is 0 Å². The van der Waals surface area contributed by atoms with Crippen LogP contribution in [0.1, 0.15) is 46.5 Å². The number of fused-ring (bicyclic) bond motifs is 2. The molecule has 0 unspecified atom stereocenters. The van der Waals surface area contributed by atoms with E-state index >= 15 is 0 Å². The van der Waals surface area contributed by atoms with Gasteiger partial charge in [0, 0.05) is 5.57 Å². The molecule has 1 N–H and O–H groups in total. The molecular weight excluding hydrogens is 228 g/mol. The number of carbonyl (C=O) groups is 1. The monoisotopic (exact) mass is 250 g/mol. The van der Waals surface area contributed by atoms with Crippen molar-refractivity contribution in [1.29, 1.82) is 0 Å². The molecule has 0 radical (unpaired) electrons. The zero-order chi connectivity index (χ0) is 13.1. The van der Waals surface area contributed by atoms with Crippen molar-refractivity contribution >= 4 is 5.97 Å². The van der Waals surface area contributed by atoms with Crippen LogP contribution in [0.25, 0.3) is 0 Å². The van der Waals surface area contributed by atoms with Crippen LogP contribution in [0.15, 0.2) is 11.1 Å². The molecule has 0 aromatic rings. The summed E-state index contributed by atoms with van der Waals surface area (Å²) in [6.45, 7) is 7.08. The fourth-order valence-corrected chi connectivity index (χ4v) is 4.57. The van der Waals surface area contributed by atoms with Crippen molar-refractivity contribution in [3.8, 4) is 0 Å². The maximum Gasteiger partial charge on any atom is 0.334 e. The average molecular weight is 250 g/mol. The van der Waals surface area contributed by atoms with Crippen LogP contribution in [-0.2, 0) is 9.53 Å². The largest absolute Gasteiger partial charge is 0.458 e. The van der Waals surface area contributed by atoms with E-state index in [4.69, 9.17) is 4.74 Å². The molecule has 3 rings (SSSR count). The first kappa shape index (κ1) is 12.2. The number of aliphatic hydroxyl groups is 1. The predicted octanol–water partition coefficient (Wildman–Crippen LogP) is 2.44. The van der Waals surface area contributed by atoms with Gasteiger partial charge in [0.2, 0.25) is 0 Å². The van der Waals surface area contributed by atoms with Crippen molar-refractivity contribution in [3.05, 3.63) is 11.1 Å². The molecule has 0 amide bonds. The van der Waals surface area contributed by atoms with E-state index in [0.29, 0.717) is 12.5 Å². The fraction of sp³-hybridized carbons (Fsp3) is 0.800. The highest BCUT2D eigenvalue weighted by atomic mass is 16.5. The Kier molecular flexibility index (Phi) is 2.44. The number of rotatable bonds is 0. The standard InChI is InChI=1S/C15H22O3/c1-14(2)11-5-4-9-10(8-18-13(9)17)15(11,3)7-6-12(14)16/h11-12,16H,4-8H2,1-3H3/t11-,12+,15-/m1/s1. The molecule has 0 saturated heterocycles. The van der Waals surface area contributed by atoms with E-state index in [2.05, 4.69) is 20.8 Å². The zero-order valence-corrected chi connectivity index (χ0v) is 11.5. The van der Waals surface area contributed by atoms with E-state index < -0.39 is 0 Å². The second kappa shape index (κ2) is 3.60. The van der Waals surface area contributed by atoms with E-state index in [1.54, 1.807) is 0 Å². The van der Waals surface area contributed by atoms with Crippen LogP contribution in [0.2, 0.25) is 0 Å². The number of ether oxygens (including phenoxy) is 1.